The maximum absolute atomic E-state index is 6.21. The molecule has 0 saturated heterocycles. The van der Waals surface area contributed by atoms with Crippen LogP contribution in [0.15, 0.2) is 75.9 Å². The Morgan fingerprint density at radius 1 is 0.833 bits per heavy atom. The zero-order valence-electron chi connectivity index (χ0n) is 18.0. The van der Waals surface area contributed by atoms with Crippen LogP contribution in [0.2, 0.25) is 0 Å². The quantitative estimate of drug-likeness (QED) is 0.640. The van der Waals surface area contributed by atoms with E-state index in [1.165, 1.54) is 11.1 Å². The summed E-state index contributed by atoms with van der Waals surface area (Å²) >= 11 is 0. The van der Waals surface area contributed by atoms with Gasteiger partial charge in [-0.25, -0.2) is 4.99 Å². The van der Waals surface area contributed by atoms with E-state index in [0.29, 0.717) is 6.54 Å². The van der Waals surface area contributed by atoms with Crippen molar-refractivity contribution in [3.8, 4) is 17.2 Å². The lowest BCUT2D eigenvalue weighted by atomic mass is 9.88. The Morgan fingerprint density at radius 2 is 1.57 bits per heavy atom. The molecule has 2 aromatic carbocycles. The average Bonchev–Trinajstić information content (AvgIpc) is 3.02. The smallest absolute Gasteiger partial charge is 0.135 e. The first-order valence-corrected chi connectivity index (χ1v) is 10.2. The summed E-state index contributed by atoms with van der Waals surface area (Å²) in [5.41, 5.74) is 4.46. The normalized spacial score (nSPS) is 15.1. The summed E-state index contributed by atoms with van der Waals surface area (Å²) in [5, 5.41) is 0. The average molecular weight is 405 g/mol. The predicted molar refractivity (Wildman–Crippen MR) is 123 cm³/mol. The minimum absolute atomic E-state index is 0.450. The topological polar surface area (TPSA) is 52.4 Å². The summed E-state index contributed by atoms with van der Waals surface area (Å²) in [6.45, 7) is 4.45. The van der Waals surface area contributed by atoms with Crippen LogP contribution in [-0.2, 0) is 0 Å². The highest BCUT2D eigenvalue weighted by Gasteiger charge is 2.21. The van der Waals surface area contributed by atoms with Gasteiger partial charge in [-0.15, -0.1) is 0 Å². The Labute approximate surface area is 178 Å². The molecule has 0 unspecified atom stereocenters. The zero-order valence-corrected chi connectivity index (χ0v) is 18.0. The number of hydrogen-bond donors (Lipinski definition) is 0. The van der Waals surface area contributed by atoms with Gasteiger partial charge in [-0.05, 0) is 54.3 Å². The Hall–Kier alpha value is -3.34. The van der Waals surface area contributed by atoms with Crippen molar-refractivity contribution in [1.29, 1.82) is 0 Å². The molecule has 156 valence electrons. The second kappa shape index (κ2) is 10.4. The van der Waals surface area contributed by atoms with Gasteiger partial charge in [-0.2, -0.15) is 0 Å². The first kappa shape index (κ1) is 21.4. The molecule has 1 aliphatic carbocycles. The molecule has 30 heavy (non-hydrogen) atoms. The third-order valence-electron chi connectivity index (χ3n) is 4.83. The van der Waals surface area contributed by atoms with Crippen LogP contribution in [-0.4, -0.2) is 32.8 Å². The van der Waals surface area contributed by atoms with E-state index in [0.717, 1.165) is 47.1 Å². The summed E-state index contributed by atoms with van der Waals surface area (Å²) in [4.78, 5) is 8.89. The SMILES string of the molecule is CC.COc1ccc(C2=CC3=C(Oc4cccc(OC)c4)CN=CN=C3CC2)cc1. The molecule has 2 aliphatic rings. The molecule has 5 nitrogen and oxygen atoms in total. The van der Waals surface area contributed by atoms with Gasteiger partial charge in [0, 0.05) is 11.6 Å². The lowest BCUT2D eigenvalue weighted by Crippen LogP contribution is -2.13. The van der Waals surface area contributed by atoms with Crippen molar-refractivity contribution < 1.29 is 14.2 Å². The number of rotatable bonds is 5. The number of allylic oxidation sites excluding steroid dienone is 3. The van der Waals surface area contributed by atoms with Gasteiger partial charge in [0.15, 0.2) is 0 Å². The van der Waals surface area contributed by atoms with Gasteiger partial charge in [-0.1, -0.05) is 32.0 Å². The second-order valence-electron chi connectivity index (χ2n) is 6.55. The fourth-order valence-electron chi connectivity index (χ4n) is 3.34. The standard InChI is InChI=1S/C23H22N2O3.C2H6/c1-26-18-9-6-16(7-10-18)17-8-11-22-21(12-17)23(14-24-15-25-22)28-20-5-3-4-19(13-20)27-2;1-2/h3-7,9-10,12-13,15H,8,11,14H2,1-2H3;1-2H3. The van der Waals surface area contributed by atoms with Crippen molar-refractivity contribution in [2.75, 3.05) is 20.8 Å². The molecular weight excluding hydrogens is 376 g/mol. The van der Waals surface area contributed by atoms with Crippen LogP contribution in [0.25, 0.3) is 5.57 Å². The van der Waals surface area contributed by atoms with Gasteiger partial charge < -0.3 is 14.2 Å². The van der Waals surface area contributed by atoms with Gasteiger partial charge in [0.1, 0.15) is 29.3 Å². The molecular formula is C25H28N2O3. The molecule has 0 N–H and O–H groups in total. The van der Waals surface area contributed by atoms with Crippen molar-refractivity contribution in [2.45, 2.75) is 26.7 Å². The minimum atomic E-state index is 0.450. The number of nitrogens with zero attached hydrogens (tertiary/aromatic N) is 2. The van der Waals surface area contributed by atoms with E-state index < -0.39 is 0 Å². The van der Waals surface area contributed by atoms with Crippen LogP contribution in [0.4, 0.5) is 0 Å². The maximum Gasteiger partial charge on any atom is 0.135 e. The van der Waals surface area contributed by atoms with Gasteiger partial charge >= 0.3 is 0 Å². The molecule has 1 heterocycles. The van der Waals surface area contributed by atoms with Gasteiger partial charge in [0.05, 0.1) is 26.5 Å². The summed E-state index contributed by atoms with van der Waals surface area (Å²) in [6.07, 6.45) is 5.58. The van der Waals surface area contributed by atoms with E-state index >= 15 is 0 Å². The molecule has 2 aromatic rings. The number of benzene rings is 2. The Bertz CT molecular complexity index is 986. The fourth-order valence-corrected chi connectivity index (χ4v) is 3.34. The number of fused-ring (bicyclic) bond motifs is 1. The van der Waals surface area contributed by atoms with Crippen LogP contribution >= 0.6 is 0 Å². The maximum atomic E-state index is 6.21. The van der Waals surface area contributed by atoms with Crippen molar-refractivity contribution in [1.82, 2.24) is 0 Å². The van der Waals surface area contributed by atoms with E-state index in [2.05, 4.69) is 28.2 Å². The van der Waals surface area contributed by atoms with Gasteiger partial charge in [0.2, 0.25) is 0 Å². The van der Waals surface area contributed by atoms with E-state index in [9.17, 15) is 0 Å². The molecule has 1 aliphatic heterocycles. The Balaban J connectivity index is 0.00000124. The molecule has 4 rings (SSSR count). The first-order valence-electron chi connectivity index (χ1n) is 10.2. The van der Waals surface area contributed by atoms with Crippen molar-refractivity contribution in [3.63, 3.8) is 0 Å². The molecule has 0 bridgehead atoms. The Morgan fingerprint density at radius 3 is 2.30 bits per heavy atom. The van der Waals surface area contributed by atoms with E-state index in [4.69, 9.17) is 14.2 Å². The van der Waals surface area contributed by atoms with Gasteiger partial charge in [-0.3, -0.25) is 4.99 Å². The first-order chi connectivity index (χ1) is 14.8. The molecule has 0 aromatic heterocycles. The van der Waals surface area contributed by atoms with Crippen LogP contribution in [0.1, 0.15) is 32.3 Å². The summed E-state index contributed by atoms with van der Waals surface area (Å²) in [6, 6.07) is 15.7. The largest absolute Gasteiger partial charge is 0.497 e. The Kier molecular flexibility index (Phi) is 7.44. The molecule has 0 saturated carbocycles. The third-order valence-corrected chi connectivity index (χ3v) is 4.83. The van der Waals surface area contributed by atoms with E-state index in [1.54, 1.807) is 20.6 Å². The summed E-state index contributed by atoms with van der Waals surface area (Å²) in [5.74, 6) is 3.13. The molecule has 0 spiro atoms. The molecule has 0 fully saturated rings. The number of hydrogen-bond acceptors (Lipinski definition) is 5. The monoisotopic (exact) mass is 404 g/mol. The lowest BCUT2D eigenvalue weighted by Gasteiger charge is -2.20. The number of methoxy groups -OCH3 is 2. The van der Waals surface area contributed by atoms with E-state index in [-0.39, 0.29) is 0 Å². The number of aliphatic imine (C=N–C) groups is 2. The number of ether oxygens (including phenoxy) is 3. The third kappa shape index (κ3) is 4.98. The van der Waals surface area contributed by atoms with Crippen LogP contribution in [0.3, 0.4) is 0 Å². The highest BCUT2D eigenvalue weighted by Crippen LogP contribution is 2.32. The molecule has 0 amide bonds. The van der Waals surface area contributed by atoms with Crippen molar-refractivity contribution in [3.05, 3.63) is 71.5 Å². The van der Waals surface area contributed by atoms with Crippen LogP contribution in [0.5, 0.6) is 17.2 Å². The second-order valence-corrected chi connectivity index (χ2v) is 6.55. The minimum Gasteiger partial charge on any atom is -0.497 e. The van der Waals surface area contributed by atoms with E-state index in [1.807, 2.05) is 50.2 Å². The fraction of sp³-hybridized carbons (Fsp3) is 0.280. The highest BCUT2D eigenvalue weighted by molar-refractivity contribution is 6.10. The van der Waals surface area contributed by atoms with Crippen molar-refractivity contribution >= 4 is 17.6 Å². The summed E-state index contributed by atoms with van der Waals surface area (Å²) in [7, 11) is 3.32. The zero-order chi connectivity index (χ0) is 21.3. The van der Waals surface area contributed by atoms with Crippen LogP contribution in [0, 0.1) is 0 Å². The lowest BCUT2D eigenvalue weighted by molar-refractivity contribution is 0.395. The highest BCUT2D eigenvalue weighted by atomic mass is 16.5. The van der Waals surface area contributed by atoms with Crippen LogP contribution < -0.4 is 14.2 Å². The summed E-state index contributed by atoms with van der Waals surface area (Å²) < 4.78 is 16.8. The molecule has 0 radical (unpaired) electrons. The van der Waals surface area contributed by atoms with Gasteiger partial charge in [0.25, 0.3) is 0 Å². The predicted octanol–water partition coefficient (Wildman–Crippen LogP) is 5.72. The molecule has 5 heteroatoms. The van der Waals surface area contributed by atoms with Crippen molar-refractivity contribution in [2.24, 2.45) is 9.98 Å². The molecule has 0 atom stereocenters.